The second-order valence-electron chi connectivity index (χ2n) is 8.40. The van der Waals surface area contributed by atoms with Gasteiger partial charge in [-0.3, -0.25) is 10.1 Å². The fourth-order valence-corrected chi connectivity index (χ4v) is 3.60. The molecule has 1 aliphatic rings. The van der Waals surface area contributed by atoms with Crippen LogP contribution in [0.25, 0.3) is 0 Å². The van der Waals surface area contributed by atoms with E-state index in [4.69, 9.17) is 0 Å². The van der Waals surface area contributed by atoms with Gasteiger partial charge in [-0.25, -0.2) is 14.8 Å². The third-order valence-electron chi connectivity index (χ3n) is 5.21. The molecule has 0 radical (unpaired) electrons. The molecular weight excluding hydrogens is 450 g/mol. The van der Waals surface area contributed by atoms with Crippen molar-refractivity contribution < 1.29 is 22.4 Å². The summed E-state index contributed by atoms with van der Waals surface area (Å²) in [6, 6.07) is 8.64. The van der Waals surface area contributed by atoms with Crippen LogP contribution in [0.15, 0.2) is 47.5 Å². The number of rotatable bonds is 7. The lowest BCUT2D eigenvalue weighted by Gasteiger charge is -2.20. The highest BCUT2D eigenvalue weighted by molar-refractivity contribution is 6.05. The van der Waals surface area contributed by atoms with Crippen LogP contribution in [0, 0.1) is 5.82 Å². The van der Waals surface area contributed by atoms with Gasteiger partial charge in [0.2, 0.25) is 0 Å². The number of hydrogen-bond acceptors (Lipinski definition) is 4. The fourth-order valence-electron chi connectivity index (χ4n) is 3.60. The van der Waals surface area contributed by atoms with Gasteiger partial charge in [-0.2, -0.15) is 13.2 Å². The Kier molecular flexibility index (Phi) is 8.14. The molecule has 1 aliphatic heterocycles. The van der Waals surface area contributed by atoms with Crippen molar-refractivity contribution in [2.24, 2.45) is 4.99 Å². The minimum atomic E-state index is -4.50. The monoisotopic (exact) mass is 479 g/mol. The first-order chi connectivity index (χ1) is 16.1. The number of hydrogen-bond donors (Lipinski definition) is 3. The molecule has 1 unspecified atom stereocenters. The molecule has 1 heterocycles. The van der Waals surface area contributed by atoms with Gasteiger partial charge in [0.25, 0.3) is 5.91 Å². The second-order valence-corrected chi connectivity index (χ2v) is 8.40. The number of benzene rings is 2. The number of unbranched alkanes of at least 4 members (excludes halogenated alkanes) is 2. The zero-order valence-corrected chi connectivity index (χ0v) is 19.3. The molecule has 0 spiro atoms. The highest BCUT2D eigenvalue weighted by Crippen LogP contribution is 2.39. The Morgan fingerprint density at radius 3 is 2.59 bits per heavy atom. The summed E-state index contributed by atoms with van der Waals surface area (Å²) in [6.07, 6.45) is -2.51. The van der Waals surface area contributed by atoms with Crippen molar-refractivity contribution in [1.82, 2.24) is 16.1 Å². The molecule has 2 aromatic carbocycles. The van der Waals surface area contributed by atoms with E-state index in [1.54, 1.807) is 5.01 Å². The van der Waals surface area contributed by atoms with E-state index in [9.17, 15) is 22.4 Å². The lowest BCUT2D eigenvalue weighted by atomic mass is 10.1. The molecule has 3 N–H and O–H groups in total. The van der Waals surface area contributed by atoms with E-state index in [2.05, 4.69) is 28.0 Å². The third-order valence-corrected chi connectivity index (χ3v) is 5.21. The summed E-state index contributed by atoms with van der Waals surface area (Å²) < 4.78 is 53.7. The Morgan fingerprint density at radius 1 is 1.18 bits per heavy atom. The van der Waals surface area contributed by atoms with Gasteiger partial charge in [-0.15, -0.1) is 0 Å². The number of alkyl halides is 3. The van der Waals surface area contributed by atoms with Gasteiger partial charge in [0.1, 0.15) is 12.0 Å². The van der Waals surface area contributed by atoms with Crippen molar-refractivity contribution in [3.8, 4) is 0 Å². The topological polar surface area (TPSA) is 68.8 Å². The fraction of sp³-hybridized carbons (Fsp3) is 0.417. The SMILES string of the molecule is CCCCCN1NC(N=C(NC(=O)c2cccc(F)c2)NC(C)C)c2cc(C(F)(F)F)ccc21. The van der Waals surface area contributed by atoms with Crippen molar-refractivity contribution >= 4 is 17.6 Å². The number of carbonyl (C=O) groups excluding carboxylic acids is 1. The molecule has 0 bridgehead atoms. The van der Waals surface area contributed by atoms with E-state index in [0.29, 0.717) is 17.8 Å². The van der Waals surface area contributed by atoms with Gasteiger partial charge in [-0.1, -0.05) is 25.8 Å². The van der Waals surface area contributed by atoms with Crippen LogP contribution in [-0.2, 0) is 6.18 Å². The number of anilines is 1. The van der Waals surface area contributed by atoms with Crippen molar-refractivity contribution in [2.75, 3.05) is 11.6 Å². The lowest BCUT2D eigenvalue weighted by Crippen LogP contribution is -2.45. The maximum atomic E-state index is 13.5. The number of nitrogens with one attached hydrogen (secondary N) is 3. The summed E-state index contributed by atoms with van der Waals surface area (Å²) in [5.41, 5.74) is 3.44. The Morgan fingerprint density at radius 2 is 1.94 bits per heavy atom. The normalized spacial score (nSPS) is 16.1. The summed E-state index contributed by atoms with van der Waals surface area (Å²) in [4.78, 5) is 17.2. The highest BCUT2D eigenvalue weighted by atomic mass is 19.4. The zero-order valence-electron chi connectivity index (χ0n) is 19.3. The number of aliphatic imine (C=N–C) groups is 1. The van der Waals surface area contributed by atoms with E-state index in [1.807, 2.05) is 13.8 Å². The minimum Gasteiger partial charge on any atom is -0.354 e. The summed E-state index contributed by atoms with van der Waals surface area (Å²) in [5, 5.41) is 7.41. The Bertz CT molecular complexity index is 1040. The molecule has 2 aromatic rings. The molecular formula is C24H29F4N5O. The van der Waals surface area contributed by atoms with Gasteiger partial charge in [-0.05, 0) is 56.7 Å². The Labute approximate surface area is 196 Å². The molecule has 0 aromatic heterocycles. The van der Waals surface area contributed by atoms with E-state index >= 15 is 0 Å². The predicted octanol–water partition coefficient (Wildman–Crippen LogP) is 5.14. The smallest absolute Gasteiger partial charge is 0.354 e. The summed E-state index contributed by atoms with van der Waals surface area (Å²) in [6.45, 7) is 6.33. The standard InChI is InChI=1S/C24H29F4N5O/c1-4-5-6-12-33-20-11-10-17(24(26,27)28)14-19(20)21(32-33)30-23(29-15(2)3)31-22(34)16-8-7-9-18(25)13-16/h7-11,13-15,21,32H,4-6,12H2,1-3H3,(H2,29,30,31,34). The number of amides is 1. The summed E-state index contributed by atoms with van der Waals surface area (Å²) >= 11 is 0. The lowest BCUT2D eigenvalue weighted by molar-refractivity contribution is -0.137. The number of nitrogens with zero attached hydrogens (tertiary/aromatic N) is 2. The highest BCUT2D eigenvalue weighted by Gasteiger charge is 2.35. The average molecular weight is 480 g/mol. The van der Waals surface area contributed by atoms with Gasteiger partial charge >= 0.3 is 6.18 Å². The molecule has 10 heteroatoms. The molecule has 0 aliphatic carbocycles. The number of carbonyl (C=O) groups is 1. The first-order valence-electron chi connectivity index (χ1n) is 11.2. The van der Waals surface area contributed by atoms with Gasteiger partial charge in [0.15, 0.2) is 5.96 Å². The Balaban J connectivity index is 1.93. The van der Waals surface area contributed by atoms with Gasteiger partial charge in [0, 0.05) is 23.7 Å². The first-order valence-corrected chi connectivity index (χ1v) is 11.2. The van der Waals surface area contributed by atoms with Gasteiger partial charge in [0.05, 0.1) is 11.3 Å². The van der Waals surface area contributed by atoms with Crippen LogP contribution in [0.5, 0.6) is 0 Å². The van der Waals surface area contributed by atoms with Crippen LogP contribution in [0.2, 0.25) is 0 Å². The molecule has 0 fully saturated rings. The second kappa shape index (κ2) is 10.9. The average Bonchev–Trinajstić information content (AvgIpc) is 3.09. The number of fused-ring (bicyclic) bond motifs is 1. The van der Waals surface area contributed by atoms with Crippen LogP contribution in [0.4, 0.5) is 23.2 Å². The van der Waals surface area contributed by atoms with E-state index in [-0.39, 0.29) is 17.6 Å². The van der Waals surface area contributed by atoms with Crippen LogP contribution in [-0.4, -0.2) is 24.5 Å². The molecule has 0 saturated carbocycles. The van der Waals surface area contributed by atoms with E-state index in [0.717, 1.165) is 37.5 Å². The predicted molar refractivity (Wildman–Crippen MR) is 124 cm³/mol. The van der Waals surface area contributed by atoms with E-state index < -0.39 is 29.6 Å². The number of halogens is 4. The summed E-state index contributed by atoms with van der Waals surface area (Å²) in [5.74, 6) is -1.08. The van der Waals surface area contributed by atoms with Crippen LogP contribution in [0.1, 0.15) is 67.7 Å². The van der Waals surface area contributed by atoms with Crippen LogP contribution < -0.4 is 21.1 Å². The molecule has 3 rings (SSSR count). The summed E-state index contributed by atoms with van der Waals surface area (Å²) in [7, 11) is 0. The van der Waals surface area contributed by atoms with E-state index in [1.165, 1.54) is 24.3 Å². The molecule has 1 atom stereocenters. The zero-order chi connectivity index (χ0) is 24.9. The van der Waals surface area contributed by atoms with Crippen molar-refractivity contribution in [3.05, 3.63) is 65.0 Å². The van der Waals surface area contributed by atoms with Crippen LogP contribution >= 0.6 is 0 Å². The minimum absolute atomic E-state index is 0.0699. The quantitative estimate of drug-likeness (QED) is 0.223. The maximum absolute atomic E-state index is 13.5. The molecule has 1 amide bonds. The van der Waals surface area contributed by atoms with Crippen LogP contribution in [0.3, 0.4) is 0 Å². The number of hydrazine groups is 1. The van der Waals surface area contributed by atoms with Crippen molar-refractivity contribution in [1.29, 1.82) is 0 Å². The largest absolute Gasteiger partial charge is 0.416 e. The van der Waals surface area contributed by atoms with Crippen molar-refractivity contribution in [3.63, 3.8) is 0 Å². The Hall–Kier alpha value is -3.14. The van der Waals surface area contributed by atoms with Crippen molar-refractivity contribution in [2.45, 2.75) is 58.4 Å². The third kappa shape index (κ3) is 6.47. The maximum Gasteiger partial charge on any atom is 0.416 e. The number of guanidine groups is 1. The molecule has 184 valence electrons. The molecule has 34 heavy (non-hydrogen) atoms. The molecule has 0 saturated heterocycles. The van der Waals surface area contributed by atoms with Gasteiger partial charge < -0.3 is 10.3 Å². The first kappa shape index (κ1) is 25.5. The molecule has 6 nitrogen and oxygen atoms in total.